The first-order chi connectivity index (χ1) is 9.57. The number of ether oxygens (including phenoxy) is 4. The first-order valence-corrected chi connectivity index (χ1v) is 9.36. The zero-order chi connectivity index (χ0) is 15.7. The van der Waals surface area contributed by atoms with E-state index in [0.717, 1.165) is 0 Å². The van der Waals surface area contributed by atoms with Crippen LogP contribution in [-0.2, 0) is 39.8 Å². The lowest BCUT2D eigenvalue weighted by atomic mass is 10.4. The molecule has 21 heavy (non-hydrogen) atoms. The van der Waals surface area contributed by atoms with Crippen LogP contribution in [0.1, 0.15) is 27.7 Å². The molecule has 0 aromatic carbocycles. The molecule has 0 aromatic heterocycles. The summed E-state index contributed by atoms with van der Waals surface area (Å²) in [5.41, 5.74) is 0. The minimum absolute atomic E-state index is 0.0672. The molecule has 2 aliphatic heterocycles. The van der Waals surface area contributed by atoms with Gasteiger partial charge in [-0.15, -0.1) is 0 Å². The molecule has 2 saturated heterocycles. The van der Waals surface area contributed by atoms with E-state index in [1.165, 1.54) is 0 Å². The van der Waals surface area contributed by atoms with Crippen LogP contribution >= 0.6 is 6.72 Å². The highest BCUT2D eigenvalue weighted by Crippen LogP contribution is 2.40. The molecule has 0 aliphatic carbocycles. The largest absolute Gasteiger partial charge is 0.780 e. The van der Waals surface area contributed by atoms with Crippen LogP contribution in [0.5, 0.6) is 0 Å². The Balaban J connectivity index is 1.69. The lowest BCUT2D eigenvalue weighted by Crippen LogP contribution is -2.26. The highest BCUT2D eigenvalue weighted by Gasteiger charge is 2.34. The van der Waals surface area contributed by atoms with Crippen molar-refractivity contribution in [3.8, 4) is 0 Å². The highest BCUT2D eigenvalue weighted by atomic mass is 32.5. The lowest BCUT2D eigenvalue weighted by molar-refractivity contribution is -0.213. The van der Waals surface area contributed by atoms with Gasteiger partial charge in [-0.2, -0.15) is 0 Å². The van der Waals surface area contributed by atoms with Crippen molar-refractivity contribution in [2.24, 2.45) is 0 Å². The first kappa shape index (κ1) is 17.7. The number of hydrogen-bond acceptors (Lipinski definition) is 8. The van der Waals surface area contributed by atoms with Gasteiger partial charge in [-0.05, 0) is 27.7 Å². The monoisotopic (exact) mass is 341 g/mol. The second kappa shape index (κ2) is 6.47. The Hall–Kier alpha value is 0.370. The van der Waals surface area contributed by atoms with Crippen LogP contribution in [0.2, 0.25) is 0 Å². The minimum atomic E-state index is -3.57. The zero-order valence-electron chi connectivity index (χ0n) is 12.7. The van der Waals surface area contributed by atoms with Crippen molar-refractivity contribution in [3.05, 3.63) is 0 Å². The molecule has 0 saturated carbocycles. The predicted molar refractivity (Wildman–Crippen MR) is 76.0 cm³/mol. The van der Waals surface area contributed by atoms with E-state index in [9.17, 15) is 4.89 Å². The maximum Gasteiger partial charge on any atom is 0.163 e. The van der Waals surface area contributed by atoms with E-state index < -0.39 is 18.3 Å². The number of hydrogen-bond donors (Lipinski definition) is 0. The molecular formula is C12H22O7PS-. The maximum atomic E-state index is 12.0. The topological polar surface area (TPSA) is 78.4 Å². The van der Waals surface area contributed by atoms with Gasteiger partial charge in [0.25, 0.3) is 0 Å². The Labute approximate surface area is 130 Å². The van der Waals surface area contributed by atoms with Gasteiger partial charge in [0.1, 0.15) is 18.9 Å². The summed E-state index contributed by atoms with van der Waals surface area (Å²) >= 11 is 4.85. The Morgan fingerprint density at radius 3 is 1.67 bits per heavy atom. The fraction of sp³-hybridized carbons (Fsp3) is 1.00. The van der Waals surface area contributed by atoms with Crippen molar-refractivity contribution >= 4 is 18.5 Å². The molecule has 2 fully saturated rings. The molecule has 9 heteroatoms. The standard InChI is InChI=1S/C12H23O7PS/c1-11(2)14-5-9(18-11)7-16-20(13,21)17-8-10-6-15-12(3,4)19-10/h9-10H,5-8H2,1-4H3,(H,13,21)/p-1. The molecule has 2 aliphatic rings. The predicted octanol–water partition coefficient (Wildman–Crippen LogP) is 0.907. The van der Waals surface area contributed by atoms with Gasteiger partial charge in [0, 0.05) is 0 Å². The summed E-state index contributed by atoms with van der Waals surface area (Å²) in [5, 5.41) is 0. The average molecular weight is 341 g/mol. The molecule has 124 valence electrons. The van der Waals surface area contributed by atoms with Crippen molar-refractivity contribution in [3.63, 3.8) is 0 Å². The molecule has 2 rings (SSSR count). The summed E-state index contributed by atoms with van der Waals surface area (Å²) in [6, 6.07) is 0. The normalized spacial score (nSPS) is 34.0. The van der Waals surface area contributed by atoms with E-state index in [-0.39, 0.29) is 25.4 Å². The summed E-state index contributed by atoms with van der Waals surface area (Å²) in [7, 11) is 0. The van der Waals surface area contributed by atoms with Gasteiger partial charge in [-0.25, -0.2) is 0 Å². The Morgan fingerprint density at radius 1 is 1.00 bits per heavy atom. The molecule has 0 N–H and O–H groups in total. The van der Waals surface area contributed by atoms with Crippen LogP contribution in [0.3, 0.4) is 0 Å². The van der Waals surface area contributed by atoms with Gasteiger partial charge in [0.15, 0.2) is 11.6 Å². The van der Waals surface area contributed by atoms with E-state index >= 15 is 0 Å². The van der Waals surface area contributed by atoms with Crippen molar-refractivity contribution in [1.29, 1.82) is 0 Å². The van der Waals surface area contributed by atoms with Gasteiger partial charge in [0.05, 0.1) is 26.4 Å². The van der Waals surface area contributed by atoms with Crippen molar-refractivity contribution in [2.45, 2.75) is 51.5 Å². The van der Waals surface area contributed by atoms with Crippen LogP contribution in [0.25, 0.3) is 0 Å². The summed E-state index contributed by atoms with van der Waals surface area (Å²) in [4.78, 5) is 12.0. The van der Waals surface area contributed by atoms with Gasteiger partial charge < -0.3 is 32.9 Å². The van der Waals surface area contributed by atoms with E-state index in [0.29, 0.717) is 13.2 Å². The molecule has 7 nitrogen and oxygen atoms in total. The fourth-order valence-corrected chi connectivity index (χ4v) is 3.21. The van der Waals surface area contributed by atoms with Gasteiger partial charge >= 0.3 is 0 Å². The maximum absolute atomic E-state index is 12.0. The Morgan fingerprint density at radius 2 is 1.38 bits per heavy atom. The second-order valence-electron chi connectivity index (χ2n) is 5.94. The lowest BCUT2D eigenvalue weighted by Gasteiger charge is -2.29. The van der Waals surface area contributed by atoms with Gasteiger partial charge in [-0.1, -0.05) is 11.8 Å². The van der Waals surface area contributed by atoms with Crippen LogP contribution in [0.4, 0.5) is 0 Å². The molecule has 0 aromatic rings. The smallest absolute Gasteiger partial charge is 0.163 e. The SMILES string of the molecule is CC1(C)OCC(COP([O-])(=S)OCC2COC(C)(C)O2)O1. The van der Waals surface area contributed by atoms with E-state index in [1.54, 1.807) is 27.7 Å². The minimum Gasteiger partial charge on any atom is -0.780 e. The average Bonchev–Trinajstić information content (AvgIpc) is 2.87. The van der Waals surface area contributed by atoms with Crippen LogP contribution < -0.4 is 4.89 Å². The van der Waals surface area contributed by atoms with E-state index in [2.05, 4.69) is 0 Å². The van der Waals surface area contributed by atoms with Crippen LogP contribution in [0, 0.1) is 0 Å². The van der Waals surface area contributed by atoms with Crippen LogP contribution in [-0.4, -0.2) is 50.2 Å². The Bertz CT molecular complexity index is 380. The third-order valence-corrected chi connectivity index (χ3v) is 4.53. The zero-order valence-corrected chi connectivity index (χ0v) is 14.4. The van der Waals surface area contributed by atoms with Gasteiger partial charge in [0.2, 0.25) is 0 Å². The quantitative estimate of drug-likeness (QED) is 0.660. The second-order valence-corrected chi connectivity index (χ2v) is 8.69. The Kier molecular flexibility index (Phi) is 5.46. The molecule has 2 unspecified atom stereocenters. The van der Waals surface area contributed by atoms with Crippen molar-refractivity contribution in [2.75, 3.05) is 26.4 Å². The third kappa shape index (κ3) is 5.82. The van der Waals surface area contributed by atoms with Crippen molar-refractivity contribution in [1.82, 2.24) is 0 Å². The van der Waals surface area contributed by atoms with Crippen LogP contribution in [0.15, 0.2) is 0 Å². The molecule has 0 amide bonds. The van der Waals surface area contributed by atoms with Gasteiger partial charge in [-0.3, -0.25) is 0 Å². The molecule has 2 atom stereocenters. The van der Waals surface area contributed by atoms with E-state index in [4.69, 9.17) is 39.8 Å². The van der Waals surface area contributed by atoms with E-state index in [1.807, 2.05) is 0 Å². The summed E-state index contributed by atoms with van der Waals surface area (Å²) in [6.07, 6.45) is -0.602. The fourth-order valence-electron chi connectivity index (χ4n) is 2.08. The molecule has 0 bridgehead atoms. The molecular weight excluding hydrogens is 319 g/mol. The first-order valence-electron chi connectivity index (χ1n) is 6.81. The molecule has 0 spiro atoms. The molecule has 2 heterocycles. The highest BCUT2D eigenvalue weighted by molar-refractivity contribution is 8.06. The summed E-state index contributed by atoms with van der Waals surface area (Å²) in [6.45, 7) is 4.51. The van der Waals surface area contributed by atoms with Crippen molar-refractivity contribution < 1.29 is 32.9 Å². The molecule has 0 radical (unpaired) electrons. The summed E-state index contributed by atoms with van der Waals surface area (Å²) in [5.74, 6) is -1.30. The summed E-state index contributed by atoms with van der Waals surface area (Å²) < 4.78 is 32.2. The third-order valence-electron chi connectivity index (χ3n) is 2.97. The number of rotatable bonds is 6.